The van der Waals surface area contributed by atoms with Gasteiger partial charge in [0.15, 0.2) is 0 Å². The van der Waals surface area contributed by atoms with E-state index in [0.717, 1.165) is 12.0 Å². The molecule has 2 rings (SSSR count). The summed E-state index contributed by atoms with van der Waals surface area (Å²) in [6, 6.07) is 0.780. The van der Waals surface area contributed by atoms with Crippen molar-refractivity contribution in [1.29, 1.82) is 0 Å². The fraction of sp³-hybridized carbons (Fsp3) is 1.00. The van der Waals surface area contributed by atoms with Crippen molar-refractivity contribution >= 4 is 11.8 Å². The second kappa shape index (κ2) is 5.77. The molecule has 2 unspecified atom stereocenters. The summed E-state index contributed by atoms with van der Waals surface area (Å²) in [4.78, 5) is 0. The van der Waals surface area contributed by atoms with Gasteiger partial charge in [0.05, 0.1) is 0 Å². The van der Waals surface area contributed by atoms with Gasteiger partial charge in [-0.3, -0.25) is 0 Å². The van der Waals surface area contributed by atoms with Crippen LogP contribution in [0.3, 0.4) is 0 Å². The molecule has 0 aromatic carbocycles. The predicted molar refractivity (Wildman–Crippen MR) is 74.1 cm³/mol. The lowest BCUT2D eigenvalue weighted by molar-refractivity contribution is 0.292. The summed E-state index contributed by atoms with van der Waals surface area (Å²) in [6.07, 6.45) is 10.00. The molecule has 1 N–H and O–H groups in total. The van der Waals surface area contributed by atoms with Crippen LogP contribution in [-0.4, -0.2) is 23.1 Å². The van der Waals surface area contributed by atoms with Gasteiger partial charge in [-0.25, -0.2) is 0 Å². The van der Waals surface area contributed by atoms with E-state index in [0.29, 0.717) is 4.75 Å². The highest BCUT2D eigenvalue weighted by Gasteiger charge is 2.42. The van der Waals surface area contributed by atoms with E-state index in [4.69, 9.17) is 0 Å². The first-order valence-electron chi connectivity index (χ1n) is 7.13. The molecule has 0 aromatic rings. The van der Waals surface area contributed by atoms with Gasteiger partial charge < -0.3 is 5.32 Å². The van der Waals surface area contributed by atoms with Crippen LogP contribution in [0.5, 0.6) is 0 Å². The Morgan fingerprint density at radius 2 is 2.06 bits per heavy atom. The Bertz CT molecular complexity index is 205. The van der Waals surface area contributed by atoms with E-state index in [1.165, 1.54) is 57.2 Å². The van der Waals surface area contributed by atoms with Gasteiger partial charge in [-0.2, -0.15) is 11.8 Å². The maximum atomic E-state index is 3.87. The Kier molecular flexibility index (Phi) is 4.60. The summed E-state index contributed by atoms with van der Waals surface area (Å²) in [6.45, 7) is 6.00. The third kappa shape index (κ3) is 2.76. The molecule has 16 heavy (non-hydrogen) atoms. The quantitative estimate of drug-likeness (QED) is 0.785. The van der Waals surface area contributed by atoms with E-state index >= 15 is 0 Å². The Morgan fingerprint density at radius 1 is 1.31 bits per heavy atom. The van der Waals surface area contributed by atoms with Crippen LogP contribution in [-0.2, 0) is 0 Å². The molecular weight excluding hydrogens is 214 g/mol. The van der Waals surface area contributed by atoms with Crippen molar-refractivity contribution in [2.75, 3.05) is 12.3 Å². The maximum Gasteiger partial charge on any atom is 0.0287 e. The van der Waals surface area contributed by atoms with Crippen molar-refractivity contribution < 1.29 is 0 Å². The lowest BCUT2D eigenvalue weighted by atomic mass is 9.85. The minimum atomic E-state index is 0.532. The largest absolute Gasteiger partial charge is 0.312 e. The van der Waals surface area contributed by atoms with Crippen LogP contribution in [0.15, 0.2) is 0 Å². The highest BCUT2D eigenvalue weighted by Crippen LogP contribution is 2.45. The topological polar surface area (TPSA) is 12.0 Å². The third-order valence-electron chi connectivity index (χ3n) is 4.39. The summed E-state index contributed by atoms with van der Waals surface area (Å²) in [5.74, 6) is 2.34. The second-order valence-electron chi connectivity index (χ2n) is 5.74. The molecule has 1 heterocycles. The Morgan fingerprint density at radius 3 is 2.62 bits per heavy atom. The standard InChI is InChI=1S/C14H27NS/c1-3-10-15-13(12-7-4-5-8-12)14(2)9-6-11-16-14/h12-13,15H,3-11H2,1-2H3. The van der Waals surface area contributed by atoms with Crippen LogP contribution in [0.1, 0.15) is 58.8 Å². The third-order valence-corrected chi connectivity index (χ3v) is 6.00. The average molecular weight is 241 g/mol. The molecule has 1 aliphatic heterocycles. The molecule has 1 aliphatic carbocycles. The first kappa shape index (κ1) is 12.8. The van der Waals surface area contributed by atoms with E-state index in [9.17, 15) is 0 Å². The van der Waals surface area contributed by atoms with Crippen LogP contribution in [0, 0.1) is 5.92 Å². The molecule has 0 aromatic heterocycles. The highest BCUT2D eigenvalue weighted by molar-refractivity contribution is 8.00. The molecule has 94 valence electrons. The van der Waals surface area contributed by atoms with Crippen LogP contribution in [0.4, 0.5) is 0 Å². The zero-order valence-electron chi connectivity index (χ0n) is 10.9. The van der Waals surface area contributed by atoms with Gasteiger partial charge in [-0.15, -0.1) is 0 Å². The molecule has 2 aliphatic rings. The van der Waals surface area contributed by atoms with Gasteiger partial charge >= 0.3 is 0 Å². The number of thioether (sulfide) groups is 1. The fourth-order valence-electron chi connectivity index (χ4n) is 3.52. The first-order chi connectivity index (χ1) is 7.76. The highest BCUT2D eigenvalue weighted by atomic mass is 32.2. The molecule has 0 amide bonds. The lowest BCUT2D eigenvalue weighted by Crippen LogP contribution is -2.49. The Balaban J connectivity index is 2.00. The summed E-state index contributed by atoms with van der Waals surface area (Å²) in [5.41, 5.74) is 0. The second-order valence-corrected chi connectivity index (χ2v) is 7.37. The van der Waals surface area contributed by atoms with Gasteiger partial charge in [0.1, 0.15) is 0 Å². The minimum Gasteiger partial charge on any atom is -0.312 e. The van der Waals surface area contributed by atoms with Gasteiger partial charge in [0, 0.05) is 10.8 Å². The van der Waals surface area contributed by atoms with Crippen LogP contribution >= 0.6 is 11.8 Å². The summed E-state index contributed by atoms with van der Waals surface area (Å²) in [5, 5.41) is 3.87. The number of rotatable bonds is 5. The monoisotopic (exact) mass is 241 g/mol. The van der Waals surface area contributed by atoms with Gasteiger partial charge in [-0.05, 0) is 57.2 Å². The van der Waals surface area contributed by atoms with E-state index in [2.05, 4.69) is 30.9 Å². The molecule has 1 saturated heterocycles. The first-order valence-corrected chi connectivity index (χ1v) is 8.12. The molecule has 1 saturated carbocycles. The molecule has 2 fully saturated rings. The minimum absolute atomic E-state index is 0.532. The van der Waals surface area contributed by atoms with E-state index in [-0.39, 0.29) is 0 Å². The molecule has 0 bridgehead atoms. The lowest BCUT2D eigenvalue weighted by Gasteiger charge is -2.38. The predicted octanol–water partition coefficient (Wildman–Crippen LogP) is 3.83. The van der Waals surface area contributed by atoms with Crippen LogP contribution in [0.25, 0.3) is 0 Å². The Hall–Kier alpha value is 0.310. The molecule has 2 heteroatoms. The van der Waals surface area contributed by atoms with Gasteiger partial charge in [0.25, 0.3) is 0 Å². The molecule has 0 spiro atoms. The van der Waals surface area contributed by atoms with Crippen molar-refractivity contribution in [2.24, 2.45) is 5.92 Å². The maximum absolute atomic E-state index is 3.87. The SMILES string of the molecule is CCCNC(C1CCCC1)C1(C)CCCS1. The van der Waals surface area contributed by atoms with Crippen molar-refractivity contribution in [3.05, 3.63) is 0 Å². The van der Waals surface area contributed by atoms with E-state index < -0.39 is 0 Å². The van der Waals surface area contributed by atoms with Crippen molar-refractivity contribution in [3.63, 3.8) is 0 Å². The van der Waals surface area contributed by atoms with Gasteiger partial charge in [0.2, 0.25) is 0 Å². The summed E-state index contributed by atoms with van der Waals surface area (Å²) < 4.78 is 0.532. The number of nitrogens with one attached hydrogen (secondary N) is 1. The Labute approximate surface area is 105 Å². The molecule has 2 atom stereocenters. The zero-order chi connectivity index (χ0) is 11.4. The number of hydrogen-bond donors (Lipinski definition) is 1. The number of hydrogen-bond acceptors (Lipinski definition) is 2. The summed E-state index contributed by atoms with van der Waals surface area (Å²) >= 11 is 2.23. The van der Waals surface area contributed by atoms with E-state index in [1.54, 1.807) is 0 Å². The summed E-state index contributed by atoms with van der Waals surface area (Å²) in [7, 11) is 0. The van der Waals surface area contributed by atoms with Crippen LogP contribution in [0.2, 0.25) is 0 Å². The zero-order valence-corrected chi connectivity index (χ0v) is 11.7. The molecule has 0 radical (unpaired) electrons. The fourth-order valence-corrected chi connectivity index (χ4v) is 5.02. The van der Waals surface area contributed by atoms with E-state index in [1.807, 2.05) is 0 Å². The van der Waals surface area contributed by atoms with Crippen LogP contribution < -0.4 is 5.32 Å². The average Bonchev–Trinajstić information content (AvgIpc) is 2.91. The normalized spacial score (nSPS) is 33.4. The van der Waals surface area contributed by atoms with Gasteiger partial charge in [-0.1, -0.05) is 19.8 Å². The molecular formula is C14H27NS. The van der Waals surface area contributed by atoms with Crippen molar-refractivity contribution in [1.82, 2.24) is 5.32 Å². The van der Waals surface area contributed by atoms with Crippen molar-refractivity contribution in [2.45, 2.75) is 69.6 Å². The molecule has 1 nitrogen and oxygen atoms in total. The smallest absolute Gasteiger partial charge is 0.0287 e. The van der Waals surface area contributed by atoms with Crippen molar-refractivity contribution in [3.8, 4) is 0 Å².